The molecule has 5 heteroatoms. The monoisotopic (exact) mass is 423 g/mol. The standard InChI is InChI=1S/C25H33NO3Si/c1-4-5-8-19-24(30(2,3)22-16-11-7-12-17-22)23(27)18-13-20-29-25(28)26-21-14-9-6-10-15-21/h6-7,9-12,14-17,19H,4-5,8,13,18,20H2,1-3H3,(H,26,28)/b24-19-. The van der Waals surface area contributed by atoms with Gasteiger partial charge < -0.3 is 4.74 Å². The van der Waals surface area contributed by atoms with Crippen LogP contribution >= 0.6 is 0 Å². The fraction of sp³-hybridized carbons (Fsp3) is 0.360. The van der Waals surface area contributed by atoms with Gasteiger partial charge in [-0.15, -0.1) is 0 Å². The number of anilines is 1. The van der Waals surface area contributed by atoms with Crippen molar-refractivity contribution in [3.63, 3.8) is 0 Å². The van der Waals surface area contributed by atoms with Crippen molar-refractivity contribution >= 4 is 30.8 Å². The van der Waals surface area contributed by atoms with Crippen molar-refractivity contribution < 1.29 is 14.3 Å². The van der Waals surface area contributed by atoms with Gasteiger partial charge in [-0.05, 0) is 30.2 Å². The Morgan fingerprint density at radius 3 is 2.23 bits per heavy atom. The summed E-state index contributed by atoms with van der Waals surface area (Å²) in [6, 6.07) is 19.5. The van der Waals surface area contributed by atoms with Gasteiger partial charge in [0.05, 0.1) is 6.61 Å². The van der Waals surface area contributed by atoms with Crippen molar-refractivity contribution in [3.8, 4) is 0 Å². The van der Waals surface area contributed by atoms with Gasteiger partial charge >= 0.3 is 6.09 Å². The number of Topliss-reactive ketones (excluding diaryl/α,β-unsaturated/α-hetero) is 1. The van der Waals surface area contributed by atoms with Crippen LogP contribution in [-0.2, 0) is 9.53 Å². The normalized spacial score (nSPS) is 11.8. The largest absolute Gasteiger partial charge is 0.449 e. The van der Waals surface area contributed by atoms with Crippen LogP contribution in [0.4, 0.5) is 10.5 Å². The number of para-hydroxylation sites is 1. The summed E-state index contributed by atoms with van der Waals surface area (Å²) in [5.74, 6) is 0.179. The number of hydrogen-bond donors (Lipinski definition) is 1. The smallest absolute Gasteiger partial charge is 0.411 e. The minimum Gasteiger partial charge on any atom is -0.449 e. The van der Waals surface area contributed by atoms with E-state index in [4.69, 9.17) is 4.74 Å². The van der Waals surface area contributed by atoms with Gasteiger partial charge in [0.1, 0.15) is 8.07 Å². The Bertz CT molecular complexity index is 832. The summed E-state index contributed by atoms with van der Waals surface area (Å²) in [5, 5.41) is 4.93. The predicted octanol–water partition coefficient (Wildman–Crippen LogP) is 5.86. The molecule has 160 valence electrons. The molecule has 0 aromatic heterocycles. The molecule has 0 spiro atoms. The first kappa shape index (κ1) is 23.6. The van der Waals surface area contributed by atoms with Gasteiger partial charge in [0.15, 0.2) is 5.78 Å². The van der Waals surface area contributed by atoms with Gasteiger partial charge in [-0.2, -0.15) is 0 Å². The molecule has 4 nitrogen and oxygen atoms in total. The maximum atomic E-state index is 13.1. The second kappa shape index (κ2) is 12.1. The van der Waals surface area contributed by atoms with Crippen LogP contribution in [0.2, 0.25) is 13.1 Å². The Morgan fingerprint density at radius 2 is 1.60 bits per heavy atom. The van der Waals surface area contributed by atoms with Crippen molar-refractivity contribution in [2.24, 2.45) is 0 Å². The van der Waals surface area contributed by atoms with Crippen LogP contribution in [0.1, 0.15) is 39.0 Å². The van der Waals surface area contributed by atoms with Crippen LogP contribution in [-0.4, -0.2) is 26.6 Å². The molecular weight excluding hydrogens is 390 g/mol. The van der Waals surface area contributed by atoms with Crippen molar-refractivity contribution in [1.29, 1.82) is 0 Å². The van der Waals surface area contributed by atoms with Crippen LogP contribution in [0.5, 0.6) is 0 Å². The lowest BCUT2D eigenvalue weighted by atomic mass is 10.1. The molecule has 1 N–H and O–H groups in total. The van der Waals surface area contributed by atoms with Gasteiger partial charge in [0, 0.05) is 12.1 Å². The Labute approximate surface area is 181 Å². The maximum absolute atomic E-state index is 13.1. The number of ether oxygens (including phenoxy) is 1. The highest BCUT2D eigenvalue weighted by atomic mass is 28.3. The average Bonchev–Trinajstić information content (AvgIpc) is 2.75. The molecule has 2 rings (SSSR count). The summed E-state index contributed by atoms with van der Waals surface area (Å²) in [7, 11) is -2.06. The second-order valence-corrected chi connectivity index (χ2v) is 12.3. The minimum absolute atomic E-state index is 0.179. The van der Waals surface area contributed by atoms with Gasteiger partial charge in [-0.3, -0.25) is 10.1 Å². The van der Waals surface area contributed by atoms with E-state index < -0.39 is 14.2 Å². The van der Waals surface area contributed by atoms with Gasteiger partial charge in [-0.25, -0.2) is 4.79 Å². The predicted molar refractivity (Wildman–Crippen MR) is 127 cm³/mol. The third kappa shape index (κ3) is 7.30. The van der Waals surface area contributed by atoms with E-state index in [-0.39, 0.29) is 12.4 Å². The summed E-state index contributed by atoms with van der Waals surface area (Å²) >= 11 is 0. The summed E-state index contributed by atoms with van der Waals surface area (Å²) in [5.41, 5.74) is 0.690. The maximum Gasteiger partial charge on any atom is 0.411 e. The van der Waals surface area contributed by atoms with E-state index in [9.17, 15) is 9.59 Å². The molecule has 2 aromatic rings. The fourth-order valence-electron chi connectivity index (χ4n) is 3.39. The molecule has 0 heterocycles. The number of allylic oxidation sites excluding steroid dienone is 2. The zero-order valence-electron chi connectivity index (χ0n) is 18.3. The lowest BCUT2D eigenvalue weighted by Gasteiger charge is -2.26. The molecule has 0 aliphatic rings. The van der Waals surface area contributed by atoms with E-state index in [1.54, 1.807) is 12.1 Å². The Morgan fingerprint density at radius 1 is 0.967 bits per heavy atom. The van der Waals surface area contributed by atoms with Gasteiger partial charge in [0.2, 0.25) is 0 Å². The van der Waals surface area contributed by atoms with E-state index in [0.717, 1.165) is 24.5 Å². The van der Waals surface area contributed by atoms with Crippen molar-refractivity contribution in [2.45, 2.75) is 52.1 Å². The molecule has 0 bridgehead atoms. The van der Waals surface area contributed by atoms with E-state index in [1.165, 1.54) is 5.19 Å². The Kier molecular flexibility index (Phi) is 9.55. The molecule has 30 heavy (non-hydrogen) atoms. The van der Waals surface area contributed by atoms with Crippen molar-refractivity contribution in [1.82, 2.24) is 0 Å². The highest BCUT2D eigenvalue weighted by Crippen LogP contribution is 2.20. The summed E-state index contributed by atoms with van der Waals surface area (Å²) in [4.78, 5) is 25.0. The highest BCUT2D eigenvalue weighted by molar-refractivity contribution is 6.98. The minimum atomic E-state index is -2.06. The molecule has 0 saturated heterocycles. The first-order valence-corrected chi connectivity index (χ1v) is 13.7. The molecule has 0 atom stereocenters. The van der Waals surface area contributed by atoms with Crippen LogP contribution in [0.3, 0.4) is 0 Å². The summed E-state index contributed by atoms with van der Waals surface area (Å²) < 4.78 is 5.23. The first-order chi connectivity index (χ1) is 14.4. The number of unbranched alkanes of at least 4 members (excludes halogenated alkanes) is 2. The van der Waals surface area contributed by atoms with Gasteiger partial charge in [0.25, 0.3) is 0 Å². The first-order valence-electron chi connectivity index (χ1n) is 10.7. The highest BCUT2D eigenvalue weighted by Gasteiger charge is 2.32. The lowest BCUT2D eigenvalue weighted by Crippen LogP contribution is -2.46. The van der Waals surface area contributed by atoms with E-state index in [0.29, 0.717) is 18.5 Å². The third-order valence-electron chi connectivity index (χ3n) is 5.18. The Hall–Kier alpha value is -2.66. The zero-order valence-corrected chi connectivity index (χ0v) is 19.3. The Balaban J connectivity index is 1.93. The molecule has 2 aromatic carbocycles. The van der Waals surface area contributed by atoms with Crippen LogP contribution in [0.15, 0.2) is 71.9 Å². The molecule has 0 fully saturated rings. The van der Waals surface area contributed by atoms with Crippen LogP contribution < -0.4 is 10.5 Å². The van der Waals surface area contributed by atoms with E-state index >= 15 is 0 Å². The van der Waals surface area contributed by atoms with E-state index in [1.807, 2.05) is 36.4 Å². The second-order valence-electron chi connectivity index (χ2n) is 7.90. The number of hydrogen-bond acceptors (Lipinski definition) is 3. The fourth-order valence-corrected chi connectivity index (χ4v) is 6.20. The van der Waals surface area contributed by atoms with Gasteiger partial charge in [-0.1, -0.05) is 92.7 Å². The number of nitrogens with one attached hydrogen (secondary N) is 1. The number of ketones is 1. The van der Waals surface area contributed by atoms with E-state index in [2.05, 4.69) is 43.5 Å². The number of carbonyl (C=O) groups excluding carboxylic acids is 2. The number of rotatable bonds is 11. The summed E-state index contributed by atoms with van der Waals surface area (Å²) in [6.45, 7) is 6.86. The molecule has 0 aliphatic carbocycles. The topological polar surface area (TPSA) is 55.4 Å². The lowest BCUT2D eigenvalue weighted by molar-refractivity contribution is -0.115. The third-order valence-corrected chi connectivity index (χ3v) is 8.78. The molecule has 0 unspecified atom stereocenters. The summed E-state index contributed by atoms with van der Waals surface area (Å²) in [6.07, 6.45) is 5.69. The van der Waals surface area contributed by atoms with Crippen LogP contribution in [0.25, 0.3) is 0 Å². The van der Waals surface area contributed by atoms with Crippen LogP contribution in [0, 0.1) is 0 Å². The van der Waals surface area contributed by atoms with Crippen molar-refractivity contribution in [2.75, 3.05) is 11.9 Å². The quantitative estimate of drug-likeness (QED) is 0.280. The molecule has 0 aliphatic heterocycles. The number of amides is 1. The SMILES string of the molecule is CCCC/C=C(/C(=O)CCCOC(=O)Nc1ccccc1)[Si](C)(C)c1ccccc1. The number of carbonyl (C=O) groups is 2. The molecule has 0 radical (unpaired) electrons. The molecular formula is C25H33NO3Si. The number of benzene rings is 2. The average molecular weight is 424 g/mol. The molecule has 1 amide bonds. The zero-order chi connectivity index (χ0) is 21.8. The van der Waals surface area contributed by atoms with Crippen molar-refractivity contribution in [3.05, 3.63) is 71.9 Å². The molecule has 0 saturated carbocycles.